The average Bonchev–Trinajstić information content (AvgIpc) is 2.44. The summed E-state index contributed by atoms with van der Waals surface area (Å²) in [5, 5.41) is 19.9. The Hall–Kier alpha value is -1.34. The third kappa shape index (κ3) is 4.86. The van der Waals surface area contributed by atoms with Crippen molar-refractivity contribution in [3.8, 4) is 5.75 Å². The summed E-state index contributed by atoms with van der Waals surface area (Å²) in [4.78, 5) is 12.7. The van der Waals surface area contributed by atoms with Crippen molar-refractivity contribution in [3.63, 3.8) is 0 Å². The van der Waals surface area contributed by atoms with Crippen LogP contribution in [0.4, 0.5) is 11.4 Å². The summed E-state index contributed by atoms with van der Waals surface area (Å²) in [5.74, 6) is 0.423. The second kappa shape index (κ2) is 8.84. The summed E-state index contributed by atoms with van der Waals surface area (Å²) < 4.78 is 6.14. The number of benzene rings is 1. The van der Waals surface area contributed by atoms with Crippen molar-refractivity contribution in [1.82, 2.24) is 0 Å². The Balaban J connectivity index is 3.27. The molecule has 0 saturated carbocycles. The van der Waals surface area contributed by atoms with Gasteiger partial charge in [0.05, 0.1) is 27.8 Å². The molecule has 118 valence electrons. The molecule has 0 fully saturated rings. The van der Waals surface area contributed by atoms with E-state index >= 15 is 0 Å². The summed E-state index contributed by atoms with van der Waals surface area (Å²) in [6, 6.07) is 2.90. The first-order chi connectivity index (χ1) is 10.0. The monoisotopic (exact) mass is 360 g/mol. The quantitative estimate of drug-likeness (QED) is 0.539. The maximum atomic E-state index is 11.0. The molecule has 1 aromatic rings. The Morgan fingerprint density at radius 1 is 1.33 bits per heavy atom. The van der Waals surface area contributed by atoms with Crippen LogP contribution in [0.1, 0.15) is 26.7 Å². The van der Waals surface area contributed by atoms with Gasteiger partial charge in [-0.15, -0.1) is 0 Å². The van der Waals surface area contributed by atoms with Gasteiger partial charge in [-0.2, -0.15) is 0 Å². The van der Waals surface area contributed by atoms with E-state index < -0.39 is 4.92 Å². The van der Waals surface area contributed by atoms with Gasteiger partial charge in [-0.1, -0.05) is 13.8 Å². The number of nitro groups is 1. The molecule has 1 rings (SSSR count). The highest BCUT2D eigenvalue weighted by Gasteiger charge is 2.20. The van der Waals surface area contributed by atoms with Crippen LogP contribution in [0.3, 0.4) is 0 Å². The molecule has 0 aliphatic rings. The van der Waals surface area contributed by atoms with Crippen LogP contribution < -0.4 is 9.64 Å². The largest absolute Gasteiger partial charge is 0.489 e. The third-order valence-electron chi connectivity index (χ3n) is 2.88. The van der Waals surface area contributed by atoms with Gasteiger partial charge in [0, 0.05) is 19.2 Å². The second-order valence-electron chi connectivity index (χ2n) is 4.59. The van der Waals surface area contributed by atoms with Crippen molar-refractivity contribution < 1.29 is 14.8 Å². The van der Waals surface area contributed by atoms with E-state index in [9.17, 15) is 10.1 Å². The minimum Gasteiger partial charge on any atom is -0.489 e. The smallest absolute Gasteiger partial charge is 0.274 e. The van der Waals surface area contributed by atoms with Gasteiger partial charge in [0.1, 0.15) is 6.61 Å². The molecule has 21 heavy (non-hydrogen) atoms. The van der Waals surface area contributed by atoms with Gasteiger partial charge in [0.2, 0.25) is 0 Å². The molecule has 0 aliphatic carbocycles. The predicted molar refractivity (Wildman–Crippen MR) is 86.2 cm³/mol. The van der Waals surface area contributed by atoms with Crippen LogP contribution in [0.2, 0.25) is 0 Å². The molecule has 0 aromatic heterocycles. The van der Waals surface area contributed by atoms with E-state index in [1.54, 1.807) is 0 Å². The zero-order valence-electron chi connectivity index (χ0n) is 12.3. The molecule has 0 radical (unpaired) electrons. The standard InChI is InChI=1S/C14H21BrN2O4/c1-3-5-16(6-4-2)14-12(15)9-11(17(19)20)10-13(14)21-8-7-18/h9-10,18H,3-8H2,1-2H3. The van der Waals surface area contributed by atoms with Crippen LogP contribution in [0, 0.1) is 10.1 Å². The molecule has 0 atom stereocenters. The molecule has 0 saturated heterocycles. The van der Waals surface area contributed by atoms with Gasteiger partial charge >= 0.3 is 0 Å². The molecule has 1 aromatic carbocycles. The van der Waals surface area contributed by atoms with Crippen molar-refractivity contribution in [2.24, 2.45) is 0 Å². The Bertz CT molecular complexity index is 476. The van der Waals surface area contributed by atoms with Gasteiger partial charge in [-0.25, -0.2) is 0 Å². The first-order valence-corrected chi connectivity index (χ1v) is 7.80. The van der Waals surface area contributed by atoms with Crippen LogP contribution in [-0.2, 0) is 0 Å². The lowest BCUT2D eigenvalue weighted by atomic mass is 10.2. The fourth-order valence-electron chi connectivity index (χ4n) is 2.11. The molecular formula is C14H21BrN2O4. The Labute approximate surface area is 133 Å². The molecule has 0 amide bonds. The van der Waals surface area contributed by atoms with E-state index in [0.717, 1.165) is 31.6 Å². The molecule has 0 spiro atoms. The number of rotatable bonds is 9. The number of anilines is 1. The molecule has 1 N–H and O–H groups in total. The number of nitro benzene ring substituents is 1. The first kappa shape index (κ1) is 17.7. The highest BCUT2D eigenvalue weighted by atomic mass is 79.9. The van der Waals surface area contributed by atoms with Crippen LogP contribution in [-0.4, -0.2) is 36.3 Å². The zero-order valence-corrected chi connectivity index (χ0v) is 13.9. The van der Waals surface area contributed by atoms with Gasteiger partial charge < -0.3 is 14.7 Å². The normalized spacial score (nSPS) is 10.5. The van der Waals surface area contributed by atoms with Gasteiger partial charge in [-0.05, 0) is 28.8 Å². The molecule has 0 bridgehead atoms. The van der Waals surface area contributed by atoms with Crippen LogP contribution in [0.25, 0.3) is 0 Å². The van der Waals surface area contributed by atoms with Gasteiger partial charge in [0.15, 0.2) is 5.75 Å². The molecule has 0 heterocycles. The molecular weight excluding hydrogens is 340 g/mol. The Kier molecular flexibility index (Phi) is 7.45. The van der Waals surface area contributed by atoms with E-state index in [4.69, 9.17) is 9.84 Å². The molecule has 0 aliphatic heterocycles. The van der Waals surface area contributed by atoms with Crippen LogP contribution in [0.15, 0.2) is 16.6 Å². The van der Waals surface area contributed by atoms with Gasteiger partial charge in [-0.3, -0.25) is 10.1 Å². The minimum atomic E-state index is -0.454. The lowest BCUT2D eigenvalue weighted by Crippen LogP contribution is -2.26. The number of hydrogen-bond acceptors (Lipinski definition) is 5. The van der Waals surface area contributed by atoms with E-state index in [1.807, 2.05) is 0 Å². The fraction of sp³-hybridized carbons (Fsp3) is 0.571. The summed E-state index contributed by atoms with van der Waals surface area (Å²) in [5.41, 5.74) is 0.768. The Morgan fingerprint density at radius 2 is 1.95 bits per heavy atom. The Morgan fingerprint density at radius 3 is 2.43 bits per heavy atom. The zero-order chi connectivity index (χ0) is 15.8. The van der Waals surface area contributed by atoms with Crippen molar-refractivity contribution in [2.45, 2.75) is 26.7 Å². The second-order valence-corrected chi connectivity index (χ2v) is 5.44. The number of non-ortho nitro benzene ring substituents is 1. The summed E-state index contributed by atoms with van der Waals surface area (Å²) in [7, 11) is 0. The van der Waals surface area contributed by atoms with E-state index in [1.165, 1.54) is 12.1 Å². The van der Waals surface area contributed by atoms with E-state index in [0.29, 0.717) is 10.2 Å². The number of halogens is 1. The summed E-state index contributed by atoms with van der Waals surface area (Å²) in [6.07, 6.45) is 1.92. The van der Waals surface area contributed by atoms with Crippen molar-refractivity contribution >= 4 is 27.3 Å². The van der Waals surface area contributed by atoms with E-state index in [-0.39, 0.29) is 18.9 Å². The number of aliphatic hydroxyl groups is 1. The van der Waals surface area contributed by atoms with Crippen LogP contribution >= 0.6 is 15.9 Å². The SMILES string of the molecule is CCCN(CCC)c1c(Br)cc([N+](=O)[O-])cc1OCCO. The van der Waals surface area contributed by atoms with Crippen molar-refractivity contribution in [1.29, 1.82) is 0 Å². The molecule has 6 nitrogen and oxygen atoms in total. The minimum absolute atomic E-state index is 0.0356. The fourth-order valence-corrected chi connectivity index (χ4v) is 2.79. The highest BCUT2D eigenvalue weighted by Crippen LogP contribution is 2.40. The van der Waals surface area contributed by atoms with Gasteiger partial charge in [0.25, 0.3) is 5.69 Å². The van der Waals surface area contributed by atoms with Crippen LogP contribution in [0.5, 0.6) is 5.75 Å². The number of hydrogen-bond donors (Lipinski definition) is 1. The summed E-state index contributed by atoms with van der Waals surface area (Å²) in [6.45, 7) is 5.79. The average molecular weight is 361 g/mol. The first-order valence-electron chi connectivity index (χ1n) is 7.01. The number of nitrogens with zero attached hydrogens (tertiary/aromatic N) is 2. The lowest BCUT2D eigenvalue weighted by Gasteiger charge is -2.27. The molecule has 0 unspecified atom stereocenters. The number of ether oxygens (including phenoxy) is 1. The highest BCUT2D eigenvalue weighted by molar-refractivity contribution is 9.10. The molecule has 7 heteroatoms. The lowest BCUT2D eigenvalue weighted by molar-refractivity contribution is -0.385. The predicted octanol–water partition coefficient (Wildman–Crippen LogP) is 3.35. The van der Waals surface area contributed by atoms with Crippen molar-refractivity contribution in [2.75, 3.05) is 31.2 Å². The maximum absolute atomic E-state index is 11.0. The van der Waals surface area contributed by atoms with Crippen molar-refractivity contribution in [3.05, 3.63) is 26.7 Å². The third-order valence-corrected chi connectivity index (χ3v) is 3.48. The summed E-state index contributed by atoms with van der Waals surface area (Å²) >= 11 is 3.41. The van der Waals surface area contributed by atoms with E-state index in [2.05, 4.69) is 34.7 Å². The maximum Gasteiger partial charge on any atom is 0.274 e. The topological polar surface area (TPSA) is 75.8 Å². The number of aliphatic hydroxyl groups excluding tert-OH is 1.